The Hall–Kier alpha value is -2.24. The van der Waals surface area contributed by atoms with E-state index in [1.54, 1.807) is 0 Å². The van der Waals surface area contributed by atoms with Crippen molar-refractivity contribution in [3.8, 4) is 0 Å². The summed E-state index contributed by atoms with van der Waals surface area (Å²) in [5.41, 5.74) is 11.3. The highest BCUT2D eigenvalue weighted by atomic mass is 16.4. The van der Waals surface area contributed by atoms with E-state index in [-0.39, 0.29) is 12.3 Å². The number of aliphatic carboxylic acids is 1. The molecule has 11 heteroatoms. The first-order chi connectivity index (χ1) is 13.5. The molecule has 0 aliphatic rings. The van der Waals surface area contributed by atoms with Crippen molar-refractivity contribution < 1.29 is 29.4 Å². The maximum absolute atomic E-state index is 12.6. The second-order valence-electron chi connectivity index (χ2n) is 7.39. The van der Waals surface area contributed by atoms with Crippen LogP contribution in [0.25, 0.3) is 0 Å². The van der Waals surface area contributed by atoms with Gasteiger partial charge in [0.1, 0.15) is 18.1 Å². The molecule has 0 saturated carbocycles. The quantitative estimate of drug-likeness (QED) is 0.158. The highest BCUT2D eigenvalue weighted by Crippen LogP contribution is 2.06. The molecule has 4 atom stereocenters. The number of unbranched alkanes of at least 4 members (excludes halogenated alkanes) is 1. The van der Waals surface area contributed by atoms with Crippen LogP contribution in [-0.4, -0.2) is 71.2 Å². The molecule has 0 radical (unpaired) electrons. The number of nitrogens with one attached hydrogen (secondary N) is 3. The summed E-state index contributed by atoms with van der Waals surface area (Å²) in [7, 11) is 0. The first-order valence-electron chi connectivity index (χ1n) is 9.73. The molecule has 0 aliphatic carbocycles. The Balaban J connectivity index is 5.09. The summed E-state index contributed by atoms with van der Waals surface area (Å²) in [4.78, 5) is 47.8. The van der Waals surface area contributed by atoms with Gasteiger partial charge >= 0.3 is 5.97 Å². The standard InChI is InChI=1S/C18H35N5O6/c1-10(2)8-12(20)15(25)22-13(6-4-5-7-19)16(26)23-14(9-24)17(27)21-11(3)18(28)29/h10-14,24H,4-9,19-20H2,1-3H3,(H,21,27)(H,22,25)(H,23,26)(H,28,29). The van der Waals surface area contributed by atoms with Crippen molar-refractivity contribution >= 4 is 23.7 Å². The van der Waals surface area contributed by atoms with E-state index in [9.17, 15) is 24.3 Å². The molecule has 11 nitrogen and oxygen atoms in total. The van der Waals surface area contributed by atoms with E-state index >= 15 is 0 Å². The molecule has 0 heterocycles. The molecule has 4 unspecified atom stereocenters. The van der Waals surface area contributed by atoms with Gasteiger partial charge in [-0.25, -0.2) is 0 Å². The molecule has 9 N–H and O–H groups in total. The highest BCUT2D eigenvalue weighted by Gasteiger charge is 2.28. The first kappa shape index (κ1) is 26.8. The summed E-state index contributed by atoms with van der Waals surface area (Å²) in [5.74, 6) is -3.08. The van der Waals surface area contributed by atoms with Crippen molar-refractivity contribution in [1.82, 2.24) is 16.0 Å². The SMILES string of the molecule is CC(C)CC(N)C(=O)NC(CCCCN)C(=O)NC(CO)C(=O)NC(C)C(=O)O. The van der Waals surface area contributed by atoms with Crippen LogP contribution in [0.3, 0.4) is 0 Å². The maximum atomic E-state index is 12.6. The smallest absolute Gasteiger partial charge is 0.325 e. The topological polar surface area (TPSA) is 197 Å². The lowest BCUT2D eigenvalue weighted by Gasteiger charge is -2.24. The average Bonchev–Trinajstić information content (AvgIpc) is 2.64. The van der Waals surface area contributed by atoms with Gasteiger partial charge in [0.25, 0.3) is 0 Å². The van der Waals surface area contributed by atoms with Gasteiger partial charge in [-0.2, -0.15) is 0 Å². The molecule has 0 fully saturated rings. The number of rotatable bonds is 14. The molecule has 168 valence electrons. The van der Waals surface area contributed by atoms with Gasteiger partial charge in [0.15, 0.2) is 0 Å². The first-order valence-corrected chi connectivity index (χ1v) is 9.73. The fraction of sp³-hybridized carbons (Fsp3) is 0.778. The van der Waals surface area contributed by atoms with E-state index in [1.807, 2.05) is 13.8 Å². The van der Waals surface area contributed by atoms with Crippen LogP contribution < -0.4 is 27.4 Å². The fourth-order valence-corrected chi connectivity index (χ4v) is 2.50. The number of carbonyl (C=O) groups excluding carboxylic acids is 3. The molecule has 0 aromatic carbocycles. The van der Waals surface area contributed by atoms with Crippen molar-refractivity contribution in [1.29, 1.82) is 0 Å². The Kier molecular flexibility index (Phi) is 12.8. The molecular weight excluding hydrogens is 382 g/mol. The van der Waals surface area contributed by atoms with Gasteiger partial charge in [0.2, 0.25) is 17.7 Å². The van der Waals surface area contributed by atoms with E-state index < -0.39 is 54.5 Å². The predicted molar refractivity (Wildman–Crippen MR) is 107 cm³/mol. The summed E-state index contributed by atoms with van der Waals surface area (Å²) in [6.45, 7) is 4.77. The second kappa shape index (κ2) is 13.9. The molecular formula is C18H35N5O6. The lowest BCUT2D eigenvalue weighted by Crippen LogP contribution is -2.57. The van der Waals surface area contributed by atoms with Crippen LogP contribution in [-0.2, 0) is 19.2 Å². The minimum atomic E-state index is -1.36. The number of aliphatic hydroxyl groups excluding tert-OH is 1. The number of carboxylic acid groups (broad SMARTS) is 1. The zero-order valence-corrected chi connectivity index (χ0v) is 17.3. The average molecular weight is 418 g/mol. The van der Waals surface area contributed by atoms with Gasteiger partial charge in [-0.05, 0) is 45.1 Å². The van der Waals surface area contributed by atoms with Crippen molar-refractivity contribution in [2.75, 3.05) is 13.2 Å². The summed E-state index contributed by atoms with van der Waals surface area (Å²) in [6, 6.07) is -4.30. The van der Waals surface area contributed by atoms with E-state index in [2.05, 4.69) is 16.0 Å². The molecule has 0 bridgehead atoms. The fourth-order valence-electron chi connectivity index (χ4n) is 2.50. The van der Waals surface area contributed by atoms with Gasteiger partial charge in [0.05, 0.1) is 12.6 Å². The third-order valence-corrected chi connectivity index (χ3v) is 4.19. The normalized spacial score (nSPS) is 15.1. The number of hydrogen-bond donors (Lipinski definition) is 7. The van der Waals surface area contributed by atoms with Crippen LogP contribution in [0.1, 0.15) is 46.5 Å². The van der Waals surface area contributed by atoms with Crippen molar-refractivity contribution in [2.45, 2.75) is 70.6 Å². The van der Waals surface area contributed by atoms with Gasteiger partial charge in [-0.1, -0.05) is 13.8 Å². The van der Waals surface area contributed by atoms with Crippen LogP contribution in [0.5, 0.6) is 0 Å². The van der Waals surface area contributed by atoms with Crippen LogP contribution in [0.15, 0.2) is 0 Å². The summed E-state index contributed by atoms with van der Waals surface area (Å²) >= 11 is 0. The third-order valence-electron chi connectivity index (χ3n) is 4.19. The minimum absolute atomic E-state index is 0.193. The number of carboxylic acids is 1. The monoisotopic (exact) mass is 417 g/mol. The molecule has 29 heavy (non-hydrogen) atoms. The summed E-state index contributed by atoms with van der Waals surface area (Å²) in [5, 5.41) is 25.4. The Bertz CT molecular complexity index is 557. The van der Waals surface area contributed by atoms with Crippen LogP contribution in [0.4, 0.5) is 0 Å². The summed E-state index contributed by atoms with van der Waals surface area (Å²) < 4.78 is 0. The Morgan fingerprint density at radius 1 is 0.897 bits per heavy atom. The number of amides is 3. The Labute approximate surface area is 171 Å². The molecule has 0 aliphatic heterocycles. The molecule has 0 aromatic rings. The number of carbonyl (C=O) groups is 4. The predicted octanol–water partition coefficient (Wildman–Crippen LogP) is -1.96. The number of hydrogen-bond acceptors (Lipinski definition) is 7. The van der Waals surface area contributed by atoms with Crippen LogP contribution in [0.2, 0.25) is 0 Å². The number of aliphatic hydroxyl groups is 1. The lowest BCUT2D eigenvalue weighted by molar-refractivity contribution is -0.142. The zero-order chi connectivity index (χ0) is 22.6. The van der Waals surface area contributed by atoms with Crippen molar-refractivity contribution in [2.24, 2.45) is 17.4 Å². The van der Waals surface area contributed by atoms with E-state index in [1.165, 1.54) is 6.92 Å². The largest absolute Gasteiger partial charge is 0.480 e. The molecule has 0 aromatic heterocycles. The van der Waals surface area contributed by atoms with Gasteiger partial charge in [0, 0.05) is 0 Å². The van der Waals surface area contributed by atoms with Crippen molar-refractivity contribution in [3.63, 3.8) is 0 Å². The maximum Gasteiger partial charge on any atom is 0.325 e. The highest BCUT2D eigenvalue weighted by molar-refractivity contribution is 5.94. The molecule has 0 saturated heterocycles. The third kappa shape index (κ3) is 10.8. The summed E-state index contributed by atoms with van der Waals surface area (Å²) in [6.07, 6.45) is 1.91. The Morgan fingerprint density at radius 2 is 1.45 bits per heavy atom. The van der Waals surface area contributed by atoms with Gasteiger partial charge in [-0.15, -0.1) is 0 Å². The lowest BCUT2D eigenvalue weighted by atomic mass is 10.0. The van der Waals surface area contributed by atoms with Gasteiger partial charge < -0.3 is 37.6 Å². The Morgan fingerprint density at radius 3 is 1.93 bits per heavy atom. The number of nitrogens with two attached hydrogens (primary N) is 2. The molecule has 0 spiro atoms. The molecule has 3 amide bonds. The van der Waals surface area contributed by atoms with Gasteiger partial charge in [-0.3, -0.25) is 19.2 Å². The van der Waals surface area contributed by atoms with Crippen molar-refractivity contribution in [3.05, 3.63) is 0 Å². The van der Waals surface area contributed by atoms with E-state index in [4.69, 9.17) is 16.6 Å². The minimum Gasteiger partial charge on any atom is -0.480 e. The second-order valence-corrected chi connectivity index (χ2v) is 7.39. The zero-order valence-electron chi connectivity index (χ0n) is 17.3. The van der Waals surface area contributed by atoms with E-state index in [0.29, 0.717) is 25.8 Å². The van der Waals surface area contributed by atoms with Crippen LogP contribution in [0, 0.1) is 5.92 Å². The molecule has 0 rings (SSSR count). The van der Waals surface area contributed by atoms with Crippen LogP contribution >= 0.6 is 0 Å². The van der Waals surface area contributed by atoms with E-state index in [0.717, 1.165) is 0 Å².